The van der Waals surface area contributed by atoms with Crippen molar-refractivity contribution in [3.63, 3.8) is 0 Å². The van der Waals surface area contributed by atoms with Gasteiger partial charge in [0, 0.05) is 16.5 Å². The Hall–Kier alpha value is -3.78. The van der Waals surface area contributed by atoms with E-state index in [1.54, 1.807) is 38.3 Å². The lowest BCUT2D eigenvalue weighted by Gasteiger charge is -2.04. The first kappa shape index (κ1) is 19.0. The van der Waals surface area contributed by atoms with Crippen molar-refractivity contribution in [2.75, 3.05) is 13.7 Å². The SMILES string of the molecule is C=C(C)C(=O)OCC#Cc1ccc2cc(-c3ccc(OC)cc3)c(=O)oc2c1. The molecule has 28 heavy (non-hydrogen) atoms. The minimum absolute atomic E-state index is 0.0376. The summed E-state index contributed by atoms with van der Waals surface area (Å²) in [4.78, 5) is 23.7. The number of methoxy groups -OCH3 is 1. The van der Waals surface area contributed by atoms with Crippen LogP contribution in [0.3, 0.4) is 0 Å². The second-order valence-corrected chi connectivity index (χ2v) is 6.09. The molecule has 3 rings (SSSR count). The van der Waals surface area contributed by atoms with Gasteiger partial charge in [-0.05, 0) is 48.9 Å². The maximum atomic E-state index is 12.4. The van der Waals surface area contributed by atoms with Gasteiger partial charge in [-0.2, -0.15) is 0 Å². The highest BCUT2D eigenvalue weighted by Gasteiger charge is 2.08. The molecular formula is C23H18O5. The largest absolute Gasteiger partial charge is 0.497 e. The molecule has 5 heteroatoms. The second-order valence-electron chi connectivity index (χ2n) is 6.09. The smallest absolute Gasteiger partial charge is 0.344 e. The van der Waals surface area contributed by atoms with E-state index in [2.05, 4.69) is 18.4 Å². The second kappa shape index (κ2) is 8.28. The zero-order valence-electron chi connectivity index (χ0n) is 15.6. The van der Waals surface area contributed by atoms with Gasteiger partial charge in [-0.25, -0.2) is 9.59 Å². The quantitative estimate of drug-likeness (QED) is 0.300. The molecule has 0 amide bonds. The van der Waals surface area contributed by atoms with E-state index >= 15 is 0 Å². The van der Waals surface area contributed by atoms with Gasteiger partial charge in [0.15, 0.2) is 6.61 Å². The molecule has 0 radical (unpaired) electrons. The number of esters is 1. The van der Waals surface area contributed by atoms with Crippen LogP contribution in [0.1, 0.15) is 12.5 Å². The molecule has 0 saturated heterocycles. The molecule has 0 aliphatic carbocycles. The van der Waals surface area contributed by atoms with Crippen molar-refractivity contribution < 1.29 is 18.7 Å². The highest BCUT2D eigenvalue weighted by Crippen LogP contribution is 2.23. The number of carbonyl (C=O) groups is 1. The fourth-order valence-corrected chi connectivity index (χ4v) is 2.52. The normalized spacial score (nSPS) is 10.1. The molecule has 1 aromatic heterocycles. The molecule has 0 aliphatic rings. The standard InChI is InChI=1S/C23H18O5/c1-15(2)22(24)27-12-4-5-16-6-7-18-14-20(23(25)28-21(18)13-16)17-8-10-19(26-3)11-9-17/h6-11,13-14H,1,12H2,2-3H3. The minimum atomic E-state index is -0.482. The summed E-state index contributed by atoms with van der Waals surface area (Å²) < 4.78 is 15.5. The Morgan fingerprint density at radius 2 is 1.89 bits per heavy atom. The first-order valence-corrected chi connectivity index (χ1v) is 8.52. The van der Waals surface area contributed by atoms with Crippen LogP contribution >= 0.6 is 0 Å². The van der Waals surface area contributed by atoms with E-state index in [1.165, 1.54) is 0 Å². The summed E-state index contributed by atoms with van der Waals surface area (Å²) in [6, 6.07) is 14.3. The molecule has 0 aliphatic heterocycles. The first-order valence-electron chi connectivity index (χ1n) is 8.52. The monoisotopic (exact) mass is 374 g/mol. The zero-order chi connectivity index (χ0) is 20.1. The van der Waals surface area contributed by atoms with Crippen molar-refractivity contribution in [1.82, 2.24) is 0 Å². The maximum absolute atomic E-state index is 12.4. The van der Waals surface area contributed by atoms with Crippen LogP contribution in [0.2, 0.25) is 0 Å². The fourth-order valence-electron chi connectivity index (χ4n) is 2.52. The van der Waals surface area contributed by atoms with Gasteiger partial charge < -0.3 is 13.9 Å². The van der Waals surface area contributed by atoms with E-state index in [0.717, 1.165) is 10.9 Å². The summed E-state index contributed by atoms with van der Waals surface area (Å²) in [5, 5.41) is 0.782. The third-order valence-corrected chi connectivity index (χ3v) is 3.99. The number of fused-ring (bicyclic) bond motifs is 1. The molecule has 0 N–H and O–H groups in total. The van der Waals surface area contributed by atoms with Crippen LogP contribution in [0.25, 0.3) is 22.1 Å². The summed E-state index contributed by atoms with van der Waals surface area (Å²) in [6.07, 6.45) is 0. The Kier molecular flexibility index (Phi) is 5.61. The summed E-state index contributed by atoms with van der Waals surface area (Å²) in [6.45, 7) is 5.03. The highest BCUT2D eigenvalue weighted by molar-refractivity contribution is 5.87. The molecule has 0 bridgehead atoms. The van der Waals surface area contributed by atoms with Crippen LogP contribution in [-0.4, -0.2) is 19.7 Å². The lowest BCUT2D eigenvalue weighted by molar-refractivity contribution is -0.137. The molecule has 140 valence electrons. The third kappa shape index (κ3) is 4.30. The van der Waals surface area contributed by atoms with E-state index in [0.29, 0.717) is 28.0 Å². The van der Waals surface area contributed by atoms with Crippen LogP contribution in [0.5, 0.6) is 5.75 Å². The van der Waals surface area contributed by atoms with Crippen LogP contribution in [0.15, 0.2) is 69.9 Å². The van der Waals surface area contributed by atoms with Crippen molar-refractivity contribution >= 4 is 16.9 Å². The van der Waals surface area contributed by atoms with Crippen molar-refractivity contribution in [3.8, 4) is 28.7 Å². The number of benzene rings is 2. The molecule has 5 nitrogen and oxygen atoms in total. The lowest BCUT2D eigenvalue weighted by Crippen LogP contribution is -2.04. The molecule has 0 atom stereocenters. The predicted molar refractivity (Wildman–Crippen MR) is 107 cm³/mol. The fraction of sp³-hybridized carbons (Fsp3) is 0.130. The van der Waals surface area contributed by atoms with Gasteiger partial charge in [-0.1, -0.05) is 30.6 Å². The topological polar surface area (TPSA) is 65.7 Å². The molecule has 3 aromatic rings. The molecule has 2 aromatic carbocycles. The van der Waals surface area contributed by atoms with Crippen LogP contribution < -0.4 is 10.4 Å². The third-order valence-electron chi connectivity index (χ3n) is 3.99. The van der Waals surface area contributed by atoms with E-state index in [-0.39, 0.29) is 6.61 Å². The van der Waals surface area contributed by atoms with Gasteiger partial charge in [-0.15, -0.1) is 0 Å². The van der Waals surface area contributed by atoms with Gasteiger partial charge in [-0.3, -0.25) is 0 Å². The Bertz CT molecular complexity index is 1160. The number of hydrogen-bond acceptors (Lipinski definition) is 5. The summed E-state index contributed by atoms with van der Waals surface area (Å²) in [5.74, 6) is 5.86. The molecule has 0 saturated carbocycles. The Balaban J connectivity index is 1.85. The van der Waals surface area contributed by atoms with Gasteiger partial charge in [0.05, 0.1) is 12.7 Å². The molecule has 0 fully saturated rings. The van der Waals surface area contributed by atoms with E-state index in [9.17, 15) is 9.59 Å². The van der Waals surface area contributed by atoms with E-state index < -0.39 is 11.6 Å². The number of rotatable bonds is 4. The number of carbonyl (C=O) groups excluding carboxylic acids is 1. The first-order chi connectivity index (χ1) is 13.5. The number of ether oxygens (including phenoxy) is 2. The molecule has 0 unspecified atom stereocenters. The van der Waals surface area contributed by atoms with Crippen molar-refractivity contribution in [1.29, 1.82) is 0 Å². The average Bonchev–Trinajstić information content (AvgIpc) is 2.70. The summed E-state index contributed by atoms with van der Waals surface area (Å²) in [5.41, 5.74) is 2.20. The van der Waals surface area contributed by atoms with Crippen LogP contribution in [0.4, 0.5) is 0 Å². The average molecular weight is 374 g/mol. The molecular weight excluding hydrogens is 356 g/mol. The lowest BCUT2D eigenvalue weighted by atomic mass is 10.1. The van der Waals surface area contributed by atoms with E-state index in [4.69, 9.17) is 13.9 Å². The predicted octanol–water partition coefficient (Wildman–Crippen LogP) is 3.94. The Morgan fingerprint density at radius 1 is 1.14 bits per heavy atom. The van der Waals surface area contributed by atoms with Gasteiger partial charge in [0.2, 0.25) is 0 Å². The Labute approximate surface area is 162 Å². The van der Waals surface area contributed by atoms with E-state index in [1.807, 2.05) is 24.3 Å². The van der Waals surface area contributed by atoms with Gasteiger partial charge in [0.1, 0.15) is 11.3 Å². The number of hydrogen-bond donors (Lipinski definition) is 0. The van der Waals surface area contributed by atoms with Gasteiger partial charge in [0.25, 0.3) is 0 Å². The minimum Gasteiger partial charge on any atom is -0.497 e. The zero-order valence-corrected chi connectivity index (χ0v) is 15.6. The summed E-state index contributed by atoms with van der Waals surface area (Å²) >= 11 is 0. The van der Waals surface area contributed by atoms with Crippen molar-refractivity contribution in [2.24, 2.45) is 0 Å². The Morgan fingerprint density at radius 3 is 2.57 bits per heavy atom. The van der Waals surface area contributed by atoms with Crippen molar-refractivity contribution in [3.05, 3.63) is 76.7 Å². The summed E-state index contributed by atoms with van der Waals surface area (Å²) in [7, 11) is 1.59. The van der Waals surface area contributed by atoms with Crippen LogP contribution in [0, 0.1) is 11.8 Å². The van der Waals surface area contributed by atoms with Crippen molar-refractivity contribution in [2.45, 2.75) is 6.92 Å². The molecule has 0 spiro atoms. The van der Waals surface area contributed by atoms with Crippen LogP contribution in [-0.2, 0) is 9.53 Å². The van der Waals surface area contributed by atoms with Gasteiger partial charge >= 0.3 is 11.6 Å². The maximum Gasteiger partial charge on any atom is 0.344 e. The highest BCUT2D eigenvalue weighted by atomic mass is 16.5. The molecule has 1 heterocycles.